The Bertz CT molecular complexity index is 290. The van der Waals surface area contributed by atoms with Gasteiger partial charge in [-0.1, -0.05) is 0 Å². The van der Waals surface area contributed by atoms with E-state index >= 15 is 0 Å². The summed E-state index contributed by atoms with van der Waals surface area (Å²) in [6.45, 7) is 5.89. The fourth-order valence-corrected chi connectivity index (χ4v) is 1.61. The molecule has 107 valence electrons. The number of hydrogen-bond donors (Lipinski definition) is 2. The van der Waals surface area contributed by atoms with Crippen LogP contribution in [0.2, 0.25) is 0 Å². The zero-order valence-corrected chi connectivity index (χ0v) is 12.1. The van der Waals surface area contributed by atoms with E-state index in [1.165, 1.54) is 7.11 Å². The molecule has 0 aromatic heterocycles. The maximum absolute atomic E-state index is 10.8. The number of esters is 1. The summed E-state index contributed by atoms with van der Waals surface area (Å²) < 4.78 is 9.16. The molecule has 6 nitrogen and oxygen atoms in total. The van der Waals surface area contributed by atoms with Crippen molar-refractivity contribution in [1.29, 1.82) is 0 Å². The molecule has 0 aromatic carbocycles. The predicted molar refractivity (Wildman–Crippen MR) is 60.7 cm³/mol. The van der Waals surface area contributed by atoms with Crippen LogP contribution in [0.15, 0.2) is 0 Å². The first-order valence-electron chi connectivity index (χ1n) is 5.52. The normalized spacial score (nSPS) is 22.8. The van der Waals surface area contributed by atoms with Gasteiger partial charge in [-0.05, 0) is 0 Å². The number of ether oxygens (including phenoxy) is 2. The zero-order chi connectivity index (χ0) is 14.3. The molecular formula is C11H20FeNO5. The second kappa shape index (κ2) is 7.74. The van der Waals surface area contributed by atoms with Crippen molar-refractivity contribution < 1.29 is 40.2 Å². The Hall–Kier alpha value is -0.621. The molecular weight excluding hydrogens is 282 g/mol. The van der Waals surface area contributed by atoms with E-state index in [0.29, 0.717) is 13.0 Å². The minimum atomic E-state index is -0.475. The summed E-state index contributed by atoms with van der Waals surface area (Å²) in [7, 11) is 1.34. The molecule has 0 aromatic rings. The van der Waals surface area contributed by atoms with Gasteiger partial charge in [0.2, 0.25) is 0 Å². The number of carbonyl (C=O) groups is 2. The fourth-order valence-electron chi connectivity index (χ4n) is 1.27. The largest absolute Gasteiger partial charge is 0.468 e. The van der Waals surface area contributed by atoms with Crippen molar-refractivity contribution in [1.82, 2.24) is 5.32 Å². The summed E-state index contributed by atoms with van der Waals surface area (Å²) in [6.07, 6.45) is 0.0660. The molecule has 2 N–H and O–H groups in total. The van der Waals surface area contributed by atoms with Crippen LogP contribution in [-0.4, -0.2) is 47.3 Å². The maximum Gasteiger partial charge on any atom is 0.322 e. The van der Waals surface area contributed by atoms with Crippen LogP contribution in [0.3, 0.4) is 0 Å². The van der Waals surface area contributed by atoms with Crippen LogP contribution in [0.5, 0.6) is 0 Å². The van der Waals surface area contributed by atoms with Crippen molar-refractivity contribution in [2.75, 3.05) is 13.7 Å². The van der Waals surface area contributed by atoms with Gasteiger partial charge in [0, 0.05) is 13.0 Å². The summed E-state index contributed by atoms with van der Waals surface area (Å²) in [5.74, 6) is -0.295. The van der Waals surface area contributed by atoms with Gasteiger partial charge in [0.15, 0.2) is 0 Å². The number of hydrogen-bond acceptors (Lipinski definition) is 6. The average molecular weight is 302 g/mol. The molecule has 0 aliphatic carbocycles. The number of nitrogens with one attached hydrogen (secondary N) is 1. The molecule has 1 aliphatic rings. The molecule has 1 aliphatic heterocycles. The quantitative estimate of drug-likeness (QED) is 0.537. The standard InChI is InChI=1S/C6H11NO3.C5H9O2.Fe/c1-10-6(9)5-2-4(8)3-7-5;1-5(2,3)7-4-6;/h4-5,7-8H,2-3H2,1H3;1-3H3;/t4?,5-;;/m0../s1. The molecule has 7 heteroatoms. The van der Waals surface area contributed by atoms with Crippen LogP contribution in [0.4, 0.5) is 4.79 Å². The van der Waals surface area contributed by atoms with Gasteiger partial charge in [-0.2, -0.15) is 0 Å². The van der Waals surface area contributed by atoms with Crippen LogP contribution in [-0.2, 0) is 30.3 Å². The van der Waals surface area contributed by atoms with Crippen molar-refractivity contribution in [3.8, 4) is 0 Å². The Labute approximate surface area is 115 Å². The molecule has 18 heavy (non-hydrogen) atoms. The third kappa shape index (κ3) is 8.47. The van der Waals surface area contributed by atoms with Crippen LogP contribution < -0.4 is 5.32 Å². The molecule has 1 fully saturated rings. The van der Waals surface area contributed by atoms with Crippen LogP contribution in [0.1, 0.15) is 27.2 Å². The first-order valence-corrected chi connectivity index (χ1v) is 6.07. The third-order valence-corrected chi connectivity index (χ3v) is 2.09. The summed E-state index contributed by atoms with van der Waals surface area (Å²) in [5.41, 5.74) is -0.390. The molecule has 1 unspecified atom stereocenters. The van der Waals surface area contributed by atoms with E-state index in [4.69, 9.17) is 5.11 Å². The van der Waals surface area contributed by atoms with Gasteiger partial charge in [0.25, 0.3) is 0 Å². The second-order valence-corrected chi connectivity index (χ2v) is 5.27. The Morgan fingerprint density at radius 1 is 1.39 bits per heavy atom. The molecule has 2 atom stereocenters. The predicted octanol–water partition coefficient (Wildman–Crippen LogP) is 0.351. The molecule has 1 saturated heterocycles. The molecule has 0 radical (unpaired) electrons. The van der Waals surface area contributed by atoms with Crippen LogP contribution in [0, 0.1) is 0 Å². The number of rotatable bonds is 1. The molecule has 0 amide bonds. The number of aliphatic hydroxyl groups is 1. The summed E-state index contributed by atoms with van der Waals surface area (Å²) >= 11 is 3.06. The monoisotopic (exact) mass is 302 g/mol. The van der Waals surface area contributed by atoms with E-state index < -0.39 is 16.6 Å². The van der Waals surface area contributed by atoms with E-state index in [2.05, 4.69) is 30.8 Å². The minimum Gasteiger partial charge on any atom is -0.468 e. The topological polar surface area (TPSA) is 84.9 Å². The smallest absolute Gasteiger partial charge is 0.322 e. The first-order chi connectivity index (χ1) is 8.15. The Kier molecular flexibility index (Phi) is 7.47. The van der Waals surface area contributed by atoms with Gasteiger partial charge >= 0.3 is 62.8 Å². The van der Waals surface area contributed by atoms with Gasteiger partial charge in [-0.3, -0.25) is 4.79 Å². The number of β-amino-alcohol motifs (C(OH)–C–C–N with tert-alkyl or cyclic N) is 1. The van der Waals surface area contributed by atoms with Crippen LogP contribution >= 0.6 is 0 Å². The van der Waals surface area contributed by atoms with Crippen molar-refractivity contribution in [3.63, 3.8) is 0 Å². The fraction of sp³-hybridized carbons (Fsp3) is 0.818. The number of aliphatic hydroxyl groups excluding tert-OH is 1. The van der Waals surface area contributed by atoms with Crippen molar-refractivity contribution in [2.24, 2.45) is 0 Å². The minimum absolute atomic E-state index is 0.295. The molecule has 0 bridgehead atoms. The van der Waals surface area contributed by atoms with Gasteiger partial charge in [-0.15, -0.1) is 0 Å². The summed E-state index contributed by atoms with van der Waals surface area (Å²) in [6, 6.07) is -0.306. The maximum atomic E-state index is 10.8. The summed E-state index contributed by atoms with van der Waals surface area (Å²) in [5, 5.41) is 11.8. The van der Waals surface area contributed by atoms with Gasteiger partial charge in [0.1, 0.15) is 6.04 Å². The Morgan fingerprint density at radius 2 is 1.94 bits per heavy atom. The van der Waals surface area contributed by atoms with Gasteiger partial charge in [0.05, 0.1) is 13.2 Å². The van der Waals surface area contributed by atoms with E-state index in [0.717, 1.165) is 0 Å². The van der Waals surface area contributed by atoms with Crippen molar-refractivity contribution in [2.45, 2.75) is 44.9 Å². The first kappa shape index (κ1) is 17.4. The van der Waals surface area contributed by atoms with E-state index in [9.17, 15) is 9.59 Å². The molecule has 0 saturated carbocycles. The van der Waals surface area contributed by atoms with Crippen molar-refractivity contribution >= 4 is 10.8 Å². The van der Waals surface area contributed by atoms with Crippen LogP contribution in [0.25, 0.3) is 0 Å². The Balaban J connectivity index is 0.000000331. The zero-order valence-electron chi connectivity index (χ0n) is 11.0. The van der Waals surface area contributed by atoms with E-state index in [-0.39, 0.29) is 12.0 Å². The number of carbonyl (C=O) groups excluding carboxylic acids is 2. The molecule has 1 rings (SSSR count). The second-order valence-electron chi connectivity index (χ2n) is 4.82. The SMILES string of the molecule is CC(C)(C)O[C](=O)[Fe].COC(=O)[C@@H]1CC(O)CN1. The van der Waals surface area contributed by atoms with Crippen molar-refractivity contribution in [3.05, 3.63) is 0 Å². The van der Waals surface area contributed by atoms with Gasteiger partial charge < -0.3 is 15.2 Å². The van der Waals surface area contributed by atoms with E-state index in [1.807, 2.05) is 0 Å². The summed E-state index contributed by atoms with van der Waals surface area (Å²) in [4.78, 5) is 20.4. The molecule has 0 spiro atoms. The number of methoxy groups -OCH3 is 1. The third-order valence-electron chi connectivity index (χ3n) is 1.98. The van der Waals surface area contributed by atoms with Gasteiger partial charge in [-0.25, -0.2) is 0 Å². The average Bonchev–Trinajstić information content (AvgIpc) is 2.60. The molecule has 1 heterocycles. The Morgan fingerprint density at radius 3 is 2.17 bits per heavy atom. The van der Waals surface area contributed by atoms with E-state index in [1.54, 1.807) is 20.8 Å².